The van der Waals surface area contributed by atoms with Crippen molar-refractivity contribution in [3.63, 3.8) is 0 Å². The Morgan fingerprint density at radius 2 is 1.93 bits per heavy atom. The summed E-state index contributed by atoms with van der Waals surface area (Å²) in [6.07, 6.45) is 0. The van der Waals surface area contributed by atoms with Crippen molar-refractivity contribution in [1.29, 1.82) is 0 Å². The number of benzene rings is 2. The number of hydrogen-bond donors (Lipinski definition) is 3. The minimum absolute atomic E-state index is 0.0657. The van der Waals surface area contributed by atoms with E-state index in [0.29, 0.717) is 19.7 Å². The van der Waals surface area contributed by atoms with Crippen molar-refractivity contribution in [2.24, 2.45) is 0 Å². The molecule has 6 nitrogen and oxygen atoms in total. The van der Waals surface area contributed by atoms with E-state index in [2.05, 4.69) is 10.2 Å². The Morgan fingerprint density at radius 1 is 1.19 bits per heavy atom. The van der Waals surface area contributed by atoms with Gasteiger partial charge in [-0.1, -0.05) is 12.1 Å². The molecule has 0 bridgehead atoms. The molecule has 0 aliphatic carbocycles. The van der Waals surface area contributed by atoms with Gasteiger partial charge >= 0.3 is 0 Å². The third-order valence-electron chi connectivity index (χ3n) is 4.78. The molecule has 144 valence electrons. The van der Waals surface area contributed by atoms with Crippen molar-refractivity contribution < 1.29 is 19.5 Å². The fraction of sp³-hybridized carbons (Fsp3) is 0.381. The third kappa shape index (κ3) is 5.89. The fourth-order valence-electron chi connectivity index (χ4n) is 3.28. The Morgan fingerprint density at radius 3 is 2.63 bits per heavy atom. The number of piperazine rings is 1. The summed E-state index contributed by atoms with van der Waals surface area (Å²) in [6.45, 7) is 7.17. The molecule has 1 amide bonds. The van der Waals surface area contributed by atoms with Crippen LogP contribution in [0, 0.1) is 6.92 Å². The monoisotopic (exact) mass is 370 g/mol. The van der Waals surface area contributed by atoms with Crippen LogP contribution in [0.3, 0.4) is 0 Å². The molecule has 1 fully saturated rings. The van der Waals surface area contributed by atoms with E-state index >= 15 is 0 Å². The number of rotatable bonds is 7. The van der Waals surface area contributed by atoms with Crippen LogP contribution in [0.4, 0.5) is 5.69 Å². The highest BCUT2D eigenvalue weighted by molar-refractivity contribution is 5.76. The maximum absolute atomic E-state index is 12.1. The molecule has 0 saturated carbocycles. The van der Waals surface area contributed by atoms with Crippen LogP contribution in [0.1, 0.15) is 5.56 Å². The number of aryl methyl sites for hydroxylation is 1. The van der Waals surface area contributed by atoms with Crippen LogP contribution in [0.2, 0.25) is 0 Å². The summed E-state index contributed by atoms with van der Waals surface area (Å²) in [5.74, 6) is 1.18. The summed E-state index contributed by atoms with van der Waals surface area (Å²) >= 11 is 0. The second-order valence-corrected chi connectivity index (χ2v) is 6.95. The molecule has 0 radical (unpaired) electrons. The number of phenolic OH excluding ortho intramolecular Hbond substituents is 1. The predicted molar refractivity (Wildman–Crippen MR) is 106 cm³/mol. The first-order valence-corrected chi connectivity index (χ1v) is 9.44. The molecule has 0 unspecified atom stereocenters. The van der Waals surface area contributed by atoms with Gasteiger partial charge in [-0.2, -0.15) is 0 Å². The molecule has 1 aliphatic rings. The lowest BCUT2D eigenvalue weighted by Gasteiger charge is -2.33. The summed E-state index contributed by atoms with van der Waals surface area (Å²) in [5, 5.41) is 12.3. The highest BCUT2D eigenvalue weighted by Gasteiger charge is 2.22. The van der Waals surface area contributed by atoms with Crippen LogP contribution in [0.25, 0.3) is 0 Å². The van der Waals surface area contributed by atoms with Gasteiger partial charge in [0.2, 0.25) is 0 Å². The maximum atomic E-state index is 12.1. The maximum Gasteiger partial charge on any atom is 0.275 e. The molecule has 2 aromatic carbocycles. The SMILES string of the molecule is Cc1cccc(OCCNC(=O)C[NH+]2CCN(c3ccc(O)cc3)CC2)c1. The van der Waals surface area contributed by atoms with Crippen molar-refractivity contribution in [1.82, 2.24) is 5.32 Å². The summed E-state index contributed by atoms with van der Waals surface area (Å²) in [5.41, 5.74) is 2.27. The topological polar surface area (TPSA) is 66.2 Å². The average molecular weight is 370 g/mol. The molecule has 0 atom stereocenters. The van der Waals surface area contributed by atoms with Gasteiger partial charge in [0.15, 0.2) is 6.54 Å². The van der Waals surface area contributed by atoms with Gasteiger partial charge in [-0.25, -0.2) is 0 Å². The second kappa shape index (κ2) is 9.28. The lowest BCUT2D eigenvalue weighted by atomic mass is 10.2. The van der Waals surface area contributed by atoms with E-state index in [9.17, 15) is 9.90 Å². The Kier molecular flexibility index (Phi) is 6.54. The van der Waals surface area contributed by atoms with Gasteiger partial charge in [0.1, 0.15) is 18.1 Å². The Hall–Kier alpha value is -2.73. The van der Waals surface area contributed by atoms with Crippen LogP contribution >= 0.6 is 0 Å². The van der Waals surface area contributed by atoms with E-state index in [1.807, 2.05) is 43.3 Å². The van der Waals surface area contributed by atoms with Gasteiger partial charge in [0.05, 0.1) is 32.7 Å². The van der Waals surface area contributed by atoms with Crippen LogP contribution < -0.4 is 19.9 Å². The zero-order valence-electron chi connectivity index (χ0n) is 15.8. The summed E-state index contributed by atoms with van der Waals surface area (Å²) in [4.78, 5) is 15.7. The van der Waals surface area contributed by atoms with Crippen molar-refractivity contribution in [2.45, 2.75) is 6.92 Å². The van der Waals surface area contributed by atoms with E-state index in [4.69, 9.17) is 4.74 Å². The van der Waals surface area contributed by atoms with E-state index in [1.165, 1.54) is 4.90 Å². The zero-order valence-corrected chi connectivity index (χ0v) is 15.8. The van der Waals surface area contributed by atoms with Crippen LogP contribution in [-0.4, -0.2) is 56.9 Å². The number of phenols is 1. The highest BCUT2D eigenvalue weighted by Crippen LogP contribution is 2.18. The van der Waals surface area contributed by atoms with Crippen molar-refractivity contribution in [3.05, 3.63) is 54.1 Å². The first-order chi connectivity index (χ1) is 13.1. The largest absolute Gasteiger partial charge is 0.508 e. The smallest absolute Gasteiger partial charge is 0.275 e. The number of aromatic hydroxyl groups is 1. The van der Waals surface area contributed by atoms with Crippen molar-refractivity contribution in [3.8, 4) is 11.5 Å². The van der Waals surface area contributed by atoms with Gasteiger partial charge in [0.25, 0.3) is 5.91 Å². The molecular weight excluding hydrogens is 342 g/mol. The normalized spacial score (nSPS) is 14.8. The molecule has 1 heterocycles. The number of nitrogens with one attached hydrogen (secondary N) is 2. The molecule has 3 N–H and O–H groups in total. The number of quaternary nitrogens is 1. The molecule has 0 spiro atoms. The Bertz CT molecular complexity index is 741. The van der Waals surface area contributed by atoms with Crippen molar-refractivity contribution in [2.75, 3.05) is 50.8 Å². The highest BCUT2D eigenvalue weighted by atomic mass is 16.5. The van der Waals surface area contributed by atoms with Gasteiger partial charge in [0, 0.05) is 5.69 Å². The average Bonchev–Trinajstić information content (AvgIpc) is 2.67. The molecule has 3 rings (SSSR count). The van der Waals surface area contributed by atoms with Gasteiger partial charge < -0.3 is 25.0 Å². The first-order valence-electron chi connectivity index (χ1n) is 9.44. The van der Waals surface area contributed by atoms with Crippen LogP contribution in [0.15, 0.2) is 48.5 Å². The summed E-state index contributed by atoms with van der Waals surface area (Å²) < 4.78 is 5.65. The predicted octanol–water partition coefficient (Wildman–Crippen LogP) is 0.601. The molecule has 27 heavy (non-hydrogen) atoms. The van der Waals surface area contributed by atoms with Gasteiger partial charge in [-0.05, 0) is 48.9 Å². The molecule has 1 saturated heterocycles. The van der Waals surface area contributed by atoms with Crippen LogP contribution in [0.5, 0.6) is 11.5 Å². The summed E-state index contributed by atoms with van der Waals surface area (Å²) in [6, 6.07) is 15.2. The van der Waals surface area contributed by atoms with Crippen LogP contribution in [-0.2, 0) is 4.79 Å². The molecule has 0 aromatic heterocycles. The second-order valence-electron chi connectivity index (χ2n) is 6.95. The number of ether oxygens (including phenoxy) is 1. The Balaban J connectivity index is 1.33. The number of carbonyl (C=O) groups excluding carboxylic acids is 1. The lowest BCUT2D eigenvalue weighted by Crippen LogP contribution is -3.16. The molecule has 2 aromatic rings. The number of anilines is 1. The molecule has 1 aliphatic heterocycles. The van der Waals surface area contributed by atoms with E-state index in [0.717, 1.165) is 43.2 Å². The van der Waals surface area contributed by atoms with Crippen molar-refractivity contribution >= 4 is 11.6 Å². The summed E-state index contributed by atoms with van der Waals surface area (Å²) in [7, 11) is 0. The van der Waals surface area contributed by atoms with E-state index in [-0.39, 0.29) is 11.7 Å². The quantitative estimate of drug-likeness (QED) is 0.625. The third-order valence-corrected chi connectivity index (χ3v) is 4.78. The number of hydrogen-bond acceptors (Lipinski definition) is 4. The fourth-order valence-corrected chi connectivity index (χ4v) is 3.28. The first kappa shape index (κ1) is 19.0. The van der Waals surface area contributed by atoms with Gasteiger partial charge in [-0.3, -0.25) is 4.79 Å². The minimum Gasteiger partial charge on any atom is -0.508 e. The molecular formula is C21H28N3O3+. The van der Waals surface area contributed by atoms with Gasteiger partial charge in [-0.15, -0.1) is 0 Å². The number of amides is 1. The van der Waals surface area contributed by atoms with E-state index in [1.54, 1.807) is 12.1 Å². The number of carbonyl (C=O) groups is 1. The zero-order chi connectivity index (χ0) is 19.1. The Labute approximate surface area is 160 Å². The number of nitrogens with zero attached hydrogens (tertiary/aromatic N) is 1. The standard InChI is InChI=1S/C21H27N3O3/c1-17-3-2-4-20(15-17)27-14-9-22-21(26)16-23-10-12-24(13-11-23)18-5-7-19(25)8-6-18/h2-8,15,25H,9-14,16H2,1H3,(H,22,26)/p+1. The van der Waals surface area contributed by atoms with E-state index < -0.39 is 0 Å². The molecule has 6 heteroatoms. The minimum atomic E-state index is 0.0657. The lowest BCUT2D eigenvalue weighted by molar-refractivity contribution is -0.892.